The molecule has 2 fully saturated rings. The summed E-state index contributed by atoms with van der Waals surface area (Å²) in [5.41, 5.74) is 4.69. The third-order valence-electron chi connectivity index (χ3n) is 5.04. The number of benzene rings is 1. The van der Waals surface area contributed by atoms with Crippen molar-refractivity contribution in [2.24, 2.45) is 0 Å². The lowest BCUT2D eigenvalue weighted by molar-refractivity contribution is 0.0292. The minimum absolute atomic E-state index is 0.413. The molecule has 0 bridgehead atoms. The van der Waals surface area contributed by atoms with E-state index in [0.717, 1.165) is 25.6 Å². The van der Waals surface area contributed by atoms with Crippen molar-refractivity contribution in [2.45, 2.75) is 50.2 Å². The molecule has 1 aliphatic carbocycles. The molecule has 0 radical (unpaired) electrons. The molecule has 4 rings (SSSR count). The van der Waals surface area contributed by atoms with Gasteiger partial charge >= 0.3 is 0 Å². The Balaban J connectivity index is 1.75. The second-order valence-corrected chi connectivity index (χ2v) is 6.01. The van der Waals surface area contributed by atoms with Crippen LogP contribution in [-0.2, 0) is 11.3 Å². The Bertz CT molecular complexity index is 436. The largest absolute Gasteiger partial charge is 0.372 e. The summed E-state index contributed by atoms with van der Waals surface area (Å²) in [4.78, 5) is 0. The Hall–Kier alpha value is -0.860. The molecular weight excluding hydrogens is 222 g/mol. The Kier molecular flexibility index (Phi) is 2.66. The molecule has 18 heavy (non-hydrogen) atoms. The lowest BCUT2D eigenvalue weighted by Crippen LogP contribution is -2.27. The molecule has 1 N–H and O–H groups in total. The van der Waals surface area contributed by atoms with E-state index in [2.05, 4.69) is 23.5 Å². The molecule has 1 aromatic rings. The van der Waals surface area contributed by atoms with Crippen molar-refractivity contribution in [3.05, 3.63) is 34.9 Å². The first-order chi connectivity index (χ1) is 8.93. The van der Waals surface area contributed by atoms with Crippen molar-refractivity contribution in [2.75, 3.05) is 13.1 Å². The van der Waals surface area contributed by atoms with Crippen LogP contribution in [0.2, 0.25) is 0 Å². The summed E-state index contributed by atoms with van der Waals surface area (Å²) in [5.74, 6) is 1.39. The highest BCUT2D eigenvalue weighted by Crippen LogP contribution is 2.41. The molecule has 0 spiro atoms. The first-order valence-electron chi connectivity index (χ1n) is 7.37. The second kappa shape index (κ2) is 4.36. The van der Waals surface area contributed by atoms with Gasteiger partial charge in [0.2, 0.25) is 0 Å². The second-order valence-electron chi connectivity index (χ2n) is 6.01. The van der Waals surface area contributed by atoms with Crippen LogP contribution in [0.25, 0.3) is 0 Å². The smallest absolute Gasteiger partial charge is 0.0784 e. The maximum Gasteiger partial charge on any atom is 0.0784 e. The molecule has 2 aliphatic heterocycles. The Labute approximate surface area is 109 Å². The zero-order valence-corrected chi connectivity index (χ0v) is 10.8. The maximum atomic E-state index is 6.07. The van der Waals surface area contributed by atoms with Gasteiger partial charge in [0, 0.05) is 19.0 Å². The minimum Gasteiger partial charge on any atom is -0.372 e. The molecule has 0 aromatic heterocycles. The quantitative estimate of drug-likeness (QED) is 0.819. The fourth-order valence-electron chi connectivity index (χ4n) is 4.09. The van der Waals surface area contributed by atoms with Gasteiger partial charge in [0.15, 0.2) is 0 Å². The van der Waals surface area contributed by atoms with E-state index in [1.54, 1.807) is 11.1 Å². The van der Waals surface area contributed by atoms with Crippen molar-refractivity contribution >= 4 is 0 Å². The average molecular weight is 243 g/mol. The summed E-state index contributed by atoms with van der Waals surface area (Å²) >= 11 is 0. The molecular formula is C16H21NO. The van der Waals surface area contributed by atoms with Crippen LogP contribution in [0.5, 0.6) is 0 Å². The Morgan fingerprint density at radius 1 is 1.06 bits per heavy atom. The number of ether oxygens (including phenoxy) is 1. The van der Waals surface area contributed by atoms with Crippen molar-refractivity contribution in [1.82, 2.24) is 5.32 Å². The van der Waals surface area contributed by atoms with E-state index in [1.807, 2.05) is 0 Å². The fourth-order valence-corrected chi connectivity index (χ4v) is 4.09. The van der Waals surface area contributed by atoms with Gasteiger partial charge in [-0.25, -0.2) is 0 Å². The number of hydrogen-bond donors (Lipinski definition) is 1. The van der Waals surface area contributed by atoms with Crippen LogP contribution in [0, 0.1) is 0 Å². The highest BCUT2D eigenvalue weighted by Gasteiger charge is 2.35. The van der Waals surface area contributed by atoms with Crippen LogP contribution in [0.1, 0.15) is 54.2 Å². The van der Waals surface area contributed by atoms with E-state index in [-0.39, 0.29) is 0 Å². The zero-order valence-electron chi connectivity index (χ0n) is 10.8. The maximum absolute atomic E-state index is 6.07. The van der Waals surface area contributed by atoms with Crippen molar-refractivity contribution in [1.29, 1.82) is 0 Å². The van der Waals surface area contributed by atoms with Crippen LogP contribution in [-0.4, -0.2) is 19.2 Å². The predicted octanol–water partition coefficient (Wildman–Crippen LogP) is 2.93. The highest BCUT2D eigenvalue weighted by molar-refractivity contribution is 5.42. The first kappa shape index (κ1) is 11.0. The molecule has 0 amide bonds. The van der Waals surface area contributed by atoms with Crippen molar-refractivity contribution in [3.63, 3.8) is 0 Å². The SMILES string of the molecule is c1cc(C2CCCC2)c2c(c1)[C@@H]1CNC[C@H]1OC2. The molecule has 2 heteroatoms. The normalized spacial score (nSPS) is 31.3. The summed E-state index contributed by atoms with van der Waals surface area (Å²) in [6, 6.07) is 6.95. The monoisotopic (exact) mass is 243 g/mol. The molecule has 2 atom stereocenters. The number of fused-ring (bicyclic) bond motifs is 3. The molecule has 1 saturated carbocycles. The van der Waals surface area contributed by atoms with Crippen LogP contribution in [0.3, 0.4) is 0 Å². The van der Waals surface area contributed by atoms with Crippen LogP contribution in [0.15, 0.2) is 18.2 Å². The standard InChI is InChI=1S/C16H21NO/c1-2-5-11(4-1)12-6-3-7-13-14-8-17-9-16(14)18-10-15(12)13/h3,6-7,11,14,16-17H,1-2,4-5,8-10H2/t14-,16+/m0/s1. The van der Waals surface area contributed by atoms with Gasteiger partial charge < -0.3 is 10.1 Å². The van der Waals surface area contributed by atoms with E-state index in [4.69, 9.17) is 4.74 Å². The minimum atomic E-state index is 0.413. The van der Waals surface area contributed by atoms with E-state index < -0.39 is 0 Å². The molecule has 96 valence electrons. The molecule has 1 aromatic carbocycles. The molecule has 3 aliphatic rings. The fraction of sp³-hybridized carbons (Fsp3) is 0.625. The Morgan fingerprint density at radius 3 is 2.78 bits per heavy atom. The summed E-state index contributed by atoms with van der Waals surface area (Å²) in [5, 5.41) is 3.47. The summed E-state index contributed by atoms with van der Waals surface area (Å²) in [7, 11) is 0. The topological polar surface area (TPSA) is 21.3 Å². The average Bonchev–Trinajstić information content (AvgIpc) is 3.09. The van der Waals surface area contributed by atoms with Gasteiger partial charge in [-0.1, -0.05) is 31.0 Å². The van der Waals surface area contributed by atoms with Crippen molar-refractivity contribution < 1.29 is 4.74 Å². The Morgan fingerprint density at radius 2 is 1.89 bits per heavy atom. The molecule has 0 unspecified atom stereocenters. The van der Waals surface area contributed by atoms with E-state index in [1.165, 1.54) is 31.2 Å². The summed E-state index contributed by atoms with van der Waals surface area (Å²) in [6.45, 7) is 2.95. The van der Waals surface area contributed by atoms with Crippen LogP contribution < -0.4 is 5.32 Å². The van der Waals surface area contributed by atoms with Crippen LogP contribution in [0.4, 0.5) is 0 Å². The number of nitrogens with one attached hydrogen (secondary N) is 1. The molecule has 2 heterocycles. The van der Waals surface area contributed by atoms with Crippen LogP contribution >= 0.6 is 0 Å². The molecule has 2 nitrogen and oxygen atoms in total. The van der Waals surface area contributed by atoms with Gasteiger partial charge in [-0.15, -0.1) is 0 Å². The van der Waals surface area contributed by atoms with Gasteiger partial charge in [-0.05, 0) is 35.4 Å². The third-order valence-corrected chi connectivity index (χ3v) is 5.04. The molecule has 1 saturated heterocycles. The lowest BCUT2D eigenvalue weighted by atomic mass is 9.83. The van der Waals surface area contributed by atoms with Gasteiger partial charge in [-0.3, -0.25) is 0 Å². The number of rotatable bonds is 1. The highest BCUT2D eigenvalue weighted by atomic mass is 16.5. The predicted molar refractivity (Wildman–Crippen MR) is 71.8 cm³/mol. The summed E-state index contributed by atoms with van der Waals surface area (Å²) < 4.78 is 6.07. The van der Waals surface area contributed by atoms with E-state index in [9.17, 15) is 0 Å². The number of hydrogen-bond acceptors (Lipinski definition) is 2. The first-order valence-corrected chi connectivity index (χ1v) is 7.37. The third kappa shape index (κ3) is 1.63. The lowest BCUT2D eigenvalue weighted by Gasteiger charge is -2.30. The van der Waals surface area contributed by atoms with E-state index in [0.29, 0.717) is 12.0 Å². The van der Waals surface area contributed by atoms with E-state index >= 15 is 0 Å². The van der Waals surface area contributed by atoms with Gasteiger partial charge in [0.05, 0.1) is 12.7 Å². The van der Waals surface area contributed by atoms with Crippen molar-refractivity contribution in [3.8, 4) is 0 Å². The van der Waals surface area contributed by atoms with Gasteiger partial charge in [-0.2, -0.15) is 0 Å². The zero-order chi connectivity index (χ0) is 11.9. The van der Waals surface area contributed by atoms with Gasteiger partial charge in [0.1, 0.15) is 0 Å². The van der Waals surface area contributed by atoms with Gasteiger partial charge in [0.25, 0.3) is 0 Å². The summed E-state index contributed by atoms with van der Waals surface area (Å²) in [6.07, 6.45) is 5.98.